The van der Waals surface area contributed by atoms with Gasteiger partial charge in [-0.1, -0.05) is 13.8 Å². The Balaban J connectivity index is 2.68. The van der Waals surface area contributed by atoms with Crippen LogP contribution in [-0.4, -0.2) is 35.3 Å². The standard InChI is InChI=1S/C10H19N3O2S2/c1-7(2)8-12-9(16-13-8)11-6-10(3,4)17(5,14)15/h7H,6H2,1-5H3,(H,11,12,13). The van der Waals surface area contributed by atoms with Crippen molar-refractivity contribution in [3.8, 4) is 0 Å². The van der Waals surface area contributed by atoms with Crippen molar-refractivity contribution in [3.63, 3.8) is 0 Å². The van der Waals surface area contributed by atoms with Crippen LogP contribution in [0.2, 0.25) is 0 Å². The molecule has 0 amide bonds. The zero-order valence-corrected chi connectivity index (χ0v) is 12.4. The van der Waals surface area contributed by atoms with E-state index in [-0.39, 0.29) is 5.92 Å². The summed E-state index contributed by atoms with van der Waals surface area (Å²) in [5.41, 5.74) is 0. The van der Waals surface area contributed by atoms with Gasteiger partial charge in [-0.05, 0) is 13.8 Å². The molecule has 17 heavy (non-hydrogen) atoms. The summed E-state index contributed by atoms with van der Waals surface area (Å²) in [4.78, 5) is 4.30. The maximum absolute atomic E-state index is 11.5. The molecule has 1 rings (SSSR count). The van der Waals surface area contributed by atoms with Gasteiger partial charge in [0.2, 0.25) is 5.13 Å². The molecule has 1 aromatic rings. The van der Waals surface area contributed by atoms with E-state index >= 15 is 0 Å². The van der Waals surface area contributed by atoms with E-state index in [9.17, 15) is 8.42 Å². The van der Waals surface area contributed by atoms with E-state index in [0.717, 1.165) is 5.82 Å². The van der Waals surface area contributed by atoms with Crippen LogP contribution in [0.15, 0.2) is 0 Å². The molecule has 0 aliphatic rings. The molecule has 98 valence electrons. The van der Waals surface area contributed by atoms with Crippen molar-refractivity contribution in [2.45, 2.75) is 38.4 Å². The van der Waals surface area contributed by atoms with Gasteiger partial charge < -0.3 is 5.32 Å². The van der Waals surface area contributed by atoms with Crippen LogP contribution in [0.1, 0.15) is 39.4 Å². The fourth-order valence-corrected chi connectivity index (χ4v) is 2.00. The Hall–Kier alpha value is -0.690. The van der Waals surface area contributed by atoms with E-state index in [1.165, 1.54) is 17.8 Å². The molecule has 0 aromatic carbocycles. The molecule has 1 aromatic heterocycles. The minimum Gasteiger partial charge on any atom is -0.359 e. The van der Waals surface area contributed by atoms with Gasteiger partial charge in [-0.15, -0.1) is 0 Å². The molecule has 1 heterocycles. The fraction of sp³-hybridized carbons (Fsp3) is 0.800. The smallest absolute Gasteiger partial charge is 0.202 e. The molecule has 0 saturated carbocycles. The van der Waals surface area contributed by atoms with Gasteiger partial charge in [0.25, 0.3) is 0 Å². The van der Waals surface area contributed by atoms with Gasteiger partial charge in [-0.2, -0.15) is 4.37 Å². The average Bonchev–Trinajstić information content (AvgIpc) is 2.61. The predicted molar refractivity (Wildman–Crippen MR) is 71.4 cm³/mol. The van der Waals surface area contributed by atoms with E-state index in [1.807, 2.05) is 13.8 Å². The van der Waals surface area contributed by atoms with Crippen LogP contribution < -0.4 is 5.32 Å². The fourth-order valence-electron chi connectivity index (χ4n) is 0.961. The van der Waals surface area contributed by atoms with Gasteiger partial charge in [-0.3, -0.25) is 0 Å². The number of hydrogen-bond donors (Lipinski definition) is 1. The van der Waals surface area contributed by atoms with Crippen molar-refractivity contribution in [1.29, 1.82) is 0 Å². The lowest BCUT2D eigenvalue weighted by atomic mass is 10.2. The summed E-state index contributed by atoms with van der Waals surface area (Å²) in [6.45, 7) is 7.76. The average molecular weight is 277 g/mol. The summed E-state index contributed by atoms with van der Waals surface area (Å²) in [7, 11) is -3.09. The first kappa shape index (κ1) is 14.4. The van der Waals surface area contributed by atoms with Gasteiger partial charge >= 0.3 is 0 Å². The van der Waals surface area contributed by atoms with E-state index in [2.05, 4.69) is 14.7 Å². The van der Waals surface area contributed by atoms with Gasteiger partial charge in [0, 0.05) is 30.3 Å². The molecular formula is C10H19N3O2S2. The highest BCUT2D eigenvalue weighted by Crippen LogP contribution is 2.20. The Morgan fingerprint density at radius 2 is 2.00 bits per heavy atom. The van der Waals surface area contributed by atoms with Crippen LogP contribution in [0.25, 0.3) is 0 Å². The number of nitrogens with one attached hydrogen (secondary N) is 1. The molecule has 0 saturated heterocycles. The summed E-state index contributed by atoms with van der Waals surface area (Å²) in [6, 6.07) is 0. The van der Waals surface area contributed by atoms with Crippen molar-refractivity contribution >= 4 is 26.5 Å². The number of anilines is 1. The van der Waals surface area contributed by atoms with Crippen LogP contribution in [0.3, 0.4) is 0 Å². The molecular weight excluding hydrogens is 258 g/mol. The minimum atomic E-state index is -3.09. The Bertz CT molecular complexity index is 477. The summed E-state index contributed by atoms with van der Waals surface area (Å²) in [6.07, 6.45) is 1.24. The second-order valence-electron chi connectivity index (χ2n) is 5.00. The van der Waals surface area contributed by atoms with Gasteiger partial charge in [0.1, 0.15) is 5.82 Å². The Labute approximate surface area is 107 Å². The van der Waals surface area contributed by atoms with Crippen molar-refractivity contribution in [1.82, 2.24) is 9.36 Å². The maximum Gasteiger partial charge on any atom is 0.202 e. The third kappa shape index (κ3) is 3.64. The van der Waals surface area contributed by atoms with Crippen LogP contribution in [0, 0.1) is 0 Å². The van der Waals surface area contributed by atoms with Crippen molar-refractivity contribution < 1.29 is 8.42 Å². The quantitative estimate of drug-likeness (QED) is 0.890. The molecule has 7 heteroatoms. The number of nitrogens with zero attached hydrogens (tertiary/aromatic N) is 2. The first-order valence-electron chi connectivity index (χ1n) is 5.40. The molecule has 0 spiro atoms. The highest BCUT2D eigenvalue weighted by Gasteiger charge is 2.30. The predicted octanol–water partition coefficient (Wildman–Crippen LogP) is 1.90. The minimum absolute atomic E-state index is 0.282. The van der Waals surface area contributed by atoms with E-state index in [0.29, 0.717) is 11.7 Å². The normalized spacial score (nSPS) is 13.1. The number of rotatable bonds is 5. The van der Waals surface area contributed by atoms with Crippen LogP contribution in [0.4, 0.5) is 5.13 Å². The van der Waals surface area contributed by atoms with Gasteiger partial charge in [0.05, 0.1) is 4.75 Å². The monoisotopic (exact) mass is 277 g/mol. The van der Waals surface area contributed by atoms with Crippen molar-refractivity contribution in [2.24, 2.45) is 0 Å². The molecule has 0 radical (unpaired) electrons. The maximum atomic E-state index is 11.5. The molecule has 1 N–H and O–H groups in total. The Morgan fingerprint density at radius 1 is 1.41 bits per heavy atom. The summed E-state index contributed by atoms with van der Waals surface area (Å²) in [5.74, 6) is 1.07. The van der Waals surface area contributed by atoms with Crippen molar-refractivity contribution in [3.05, 3.63) is 5.82 Å². The van der Waals surface area contributed by atoms with Crippen molar-refractivity contribution in [2.75, 3.05) is 18.1 Å². The molecule has 0 aliphatic carbocycles. The molecule has 0 aliphatic heterocycles. The van der Waals surface area contributed by atoms with Crippen LogP contribution in [-0.2, 0) is 9.84 Å². The second-order valence-corrected chi connectivity index (χ2v) is 8.40. The first-order valence-corrected chi connectivity index (χ1v) is 8.07. The highest BCUT2D eigenvalue weighted by atomic mass is 32.2. The van der Waals surface area contributed by atoms with E-state index in [4.69, 9.17) is 0 Å². The molecule has 0 unspecified atom stereocenters. The van der Waals surface area contributed by atoms with Gasteiger partial charge in [0.15, 0.2) is 9.84 Å². The largest absolute Gasteiger partial charge is 0.359 e. The molecule has 0 fully saturated rings. The zero-order valence-electron chi connectivity index (χ0n) is 10.8. The topological polar surface area (TPSA) is 72.0 Å². The molecule has 5 nitrogen and oxygen atoms in total. The number of hydrogen-bond acceptors (Lipinski definition) is 6. The van der Waals surface area contributed by atoms with Crippen LogP contribution in [0.5, 0.6) is 0 Å². The molecule has 0 bridgehead atoms. The summed E-state index contributed by atoms with van der Waals surface area (Å²) >= 11 is 1.26. The third-order valence-corrected chi connectivity index (χ3v) is 5.47. The first-order chi connectivity index (χ1) is 7.63. The number of sulfone groups is 1. The lowest BCUT2D eigenvalue weighted by Gasteiger charge is -2.22. The molecule has 0 atom stereocenters. The zero-order chi connectivity index (χ0) is 13.3. The lowest BCUT2D eigenvalue weighted by Crippen LogP contribution is -2.38. The third-order valence-electron chi connectivity index (χ3n) is 2.63. The van der Waals surface area contributed by atoms with Crippen LogP contribution >= 0.6 is 11.5 Å². The summed E-state index contributed by atoms with van der Waals surface area (Å²) < 4.78 is 26.4. The van der Waals surface area contributed by atoms with Gasteiger partial charge in [-0.25, -0.2) is 13.4 Å². The summed E-state index contributed by atoms with van der Waals surface area (Å²) in [5, 5.41) is 3.70. The Kier molecular flexibility index (Phi) is 4.14. The second kappa shape index (κ2) is 4.89. The lowest BCUT2D eigenvalue weighted by molar-refractivity contribution is 0.560. The van der Waals surface area contributed by atoms with E-state index < -0.39 is 14.6 Å². The van der Waals surface area contributed by atoms with E-state index in [1.54, 1.807) is 13.8 Å². The highest BCUT2D eigenvalue weighted by molar-refractivity contribution is 7.92. The number of aromatic nitrogens is 2. The Morgan fingerprint density at radius 3 is 2.41 bits per heavy atom. The SMILES string of the molecule is CC(C)c1nsc(NCC(C)(C)S(C)(=O)=O)n1.